The molecule has 0 bridgehead atoms. The van der Waals surface area contributed by atoms with E-state index >= 15 is 0 Å². The third-order valence-electron chi connectivity index (χ3n) is 3.62. The average molecular weight is 324 g/mol. The van der Waals surface area contributed by atoms with Crippen molar-refractivity contribution in [2.45, 2.75) is 38.8 Å². The monoisotopic (exact) mass is 324 g/mol. The number of benzene rings is 2. The van der Waals surface area contributed by atoms with Crippen LogP contribution < -0.4 is 11.1 Å². The molecule has 0 radical (unpaired) electrons. The van der Waals surface area contributed by atoms with Crippen molar-refractivity contribution in [1.29, 1.82) is 0 Å². The standard InChI is InChI=1S/C21H28N2O/c1-16(24-21(2,3)4)23-20(15-22)14-17-10-12-19(13-11-17)18-8-6-5-7-9-18/h5-13,20,23H,1,14-15,22H2,2-4H3/t20-/m0/s1. The van der Waals surface area contributed by atoms with Crippen LogP contribution in [0.4, 0.5) is 0 Å². The summed E-state index contributed by atoms with van der Waals surface area (Å²) < 4.78 is 5.72. The van der Waals surface area contributed by atoms with E-state index in [9.17, 15) is 0 Å². The Morgan fingerprint density at radius 1 is 1.04 bits per heavy atom. The number of nitrogens with one attached hydrogen (secondary N) is 1. The van der Waals surface area contributed by atoms with Gasteiger partial charge in [0.1, 0.15) is 5.60 Å². The number of hydrogen-bond donors (Lipinski definition) is 2. The zero-order valence-corrected chi connectivity index (χ0v) is 14.9. The van der Waals surface area contributed by atoms with Crippen molar-refractivity contribution in [2.75, 3.05) is 6.54 Å². The Kier molecular flexibility index (Phi) is 6.04. The van der Waals surface area contributed by atoms with Crippen LogP contribution in [0.1, 0.15) is 26.3 Å². The first-order valence-electron chi connectivity index (χ1n) is 8.36. The van der Waals surface area contributed by atoms with E-state index in [-0.39, 0.29) is 11.6 Å². The fourth-order valence-electron chi connectivity index (χ4n) is 2.57. The smallest absolute Gasteiger partial charge is 0.180 e. The maximum absolute atomic E-state index is 5.89. The van der Waals surface area contributed by atoms with E-state index in [2.05, 4.69) is 60.4 Å². The molecule has 0 aliphatic carbocycles. The molecule has 2 aromatic carbocycles. The Morgan fingerprint density at radius 2 is 1.62 bits per heavy atom. The van der Waals surface area contributed by atoms with Gasteiger partial charge in [-0.1, -0.05) is 54.6 Å². The molecule has 0 amide bonds. The van der Waals surface area contributed by atoms with Gasteiger partial charge in [0, 0.05) is 12.6 Å². The average Bonchev–Trinajstić information content (AvgIpc) is 2.54. The van der Waals surface area contributed by atoms with Crippen LogP contribution in [0.15, 0.2) is 67.1 Å². The molecular formula is C21H28N2O. The molecule has 3 heteroatoms. The van der Waals surface area contributed by atoms with Crippen molar-refractivity contribution >= 4 is 0 Å². The number of ether oxygens (including phenoxy) is 1. The van der Waals surface area contributed by atoms with Gasteiger partial charge in [-0.25, -0.2) is 0 Å². The number of hydrogen-bond acceptors (Lipinski definition) is 3. The largest absolute Gasteiger partial charge is 0.474 e. The Balaban J connectivity index is 1.97. The van der Waals surface area contributed by atoms with Gasteiger partial charge in [0.2, 0.25) is 0 Å². The summed E-state index contributed by atoms with van der Waals surface area (Å²) in [6.45, 7) is 10.5. The van der Waals surface area contributed by atoms with Crippen LogP contribution in [0.2, 0.25) is 0 Å². The van der Waals surface area contributed by atoms with Crippen LogP contribution in [-0.2, 0) is 11.2 Å². The molecule has 3 N–H and O–H groups in total. The van der Waals surface area contributed by atoms with E-state index < -0.39 is 0 Å². The van der Waals surface area contributed by atoms with Crippen LogP contribution >= 0.6 is 0 Å². The summed E-state index contributed by atoms with van der Waals surface area (Å²) in [7, 11) is 0. The minimum Gasteiger partial charge on any atom is -0.474 e. The first-order valence-corrected chi connectivity index (χ1v) is 8.36. The van der Waals surface area contributed by atoms with Crippen LogP contribution in [0.5, 0.6) is 0 Å². The highest BCUT2D eigenvalue weighted by Crippen LogP contribution is 2.20. The van der Waals surface area contributed by atoms with Gasteiger partial charge in [-0.2, -0.15) is 0 Å². The summed E-state index contributed by atoms with van der Waals surface area (Å²) in [5.74, 6) is 0.568. The van der Waals surface area contributed by atoms with Gasteiger partial charge in [-0.05, 0) is 50.5 Å². The number of nitrogens with two attached hydrogens (primary N) is 1. The van der Waals surface area contributed by atoms with Gasteiger partial charge in [0.15, 0.2) is 5.88 Å². The predicted molar refractivity (Wildman–Crippen MR) is 102 cm³/mol. The zero-order chi connectivity index (χ0) is 17.6. The highest BCUT2D eigenvalue weighted by molar-refractivity contribution is 5.63. The molecule has 0 aromatic heterocycles. The minimum absolute atomic E-state index is 0.0995. The highest BCUT2D eigenvalue weighted by atomic mass is 16.5. The Labute approximate surface area is 145 Å². The van der Waals surface area contributed by atoms with E-state index in [1.807, 2.05) is 26.8 Å². The summed E-state index contributed by atoms with van der Waals surface area (Å²) >= 11 is 0. The SMILES string of the molecule is C=C(N[C@H](CN)Cc1ccc(-c2ccccc2)cc1)OC(C)(C)C. The van der Waals surface area contributed by atoms with Crippen LogP contribution in [0.3, 0.4) is 0 Å². The van der Waals surface area contributed by atoms with Gasteiger partial charge in [-0.3, -0.25) is 0 Å². The van der Waals surface area contributed by atoms with Gasteiger partial charge in [0.05, 0.1) is 0 Å². The number of rotatable bonds is 7. The highest BCUT2D eigenvalue weighted by Gasteiger charge is 2.15. The molecule has 128 valence electrons. The summed E-state index contributed by atoms with van der Waals surface area (Å²) in [4.78, 5) is 0. The van der Waals surface area contributed by atoms with Crippen LogP contribution in [0, 0.1) is 0 Å². The van der Waals surface area contributed by atoms with E-state index in [0.29, 0.717) is 12.4 Å². The fourth-order valence-corrected chi connectivity index (χ4v) is 2.57. The second-order valence-electron chi connectivity index (χ2n) is 6.98. The maximum Gasteiger partial charge on any atom is 0.180 e. The van der Waals surface area contributed by atoms with Crippen LogP contribution in [0.25, 0.3) is 11.1 Å². The van der Waals surface area contributed by atoms with Crippen molar-refractivity contribution in [3.63, 3.8) is 0 Å². The molecule has 0 spiro atoms. The van der Waals surface area contributed by atoms with E-state index in [1.54, 1.807) is 0 Å². The predicted octanol–water partition coefficient (Wildman–Crippen LogP) is 4.10. The Bertz CT molecular complexity index is 642. The fraction of sp³-hybridized carbons (Fsp3) is 0.333. The third kappa shape index (κ3) is 5.74. The first-order chi connectivity index (χ1) is 11.4. The van der Waals surface area contributed by atoms with Crippen LogP contribution in [-0.4, -0.2) is 18.2 Å². The van der Waals surface area contributed by atoms with E-state index in [0.717, 1.165) is 6.42 Å². The molecule has 0 fully saturated rings. The summed E-state index contributed by atoms with van der Waals surface area (Å²) in [6, 6.07) is 19.1. The lowest BCUT2D eigenvalue weighted by Gasteiger charge is -2.26. The van der Waals surface area contributed by atoms with E-state index in [4.69, 9.17) is 10.5 Å². The van der Waals surface area contributed by atoms with Gasteiger partial charge in [-0.15, -0.1) is 0 Å². The Morgan fingerprint density at radius 3 is 2.17 bits per heavy atom. The molecule has 1 atom stereocenters. The van der Waals surface area contributed by atoms with Gasteiger partial charge < -0.3 is 15.8 Å². The third-order valence-corrected chi connectivity index (χ3v) is 3.62. The lowest BCUT2D eigenvalue weighted by molar-refractivity contribution is 0.0386. The van der Waals surface area contributed by atoms with Gasteiger partial charge >= 0.3 is 0 Å². The summed E-state index contributed by atoms with van der Waals surface area (Å²) in [5, 5.41) is 3.28. The lowest BCUT2D eigenvalue weighted by Crippen LogP contribution is -2.39. The normalized spacial score (nSPS) is 12.5. The van der Waals surface area contributed by atoms with Crippen molar-refractivity contribution in [3.8, 4) is 11.1 Å². The van der Waals surface area contributed by atoms with Crippen molar-refractivity contribution in [2.24, 2.45) is 5.73 Å². The summed E-state index contributed by atoms with van der Waals surface area (Å²) in [5.41, 5.74) is 9.31. The molecule has 2 rings (SSSR count). The topological polar surface area (TPSA) is 47.3 Å². The zero-order valence-electron chi connectivity index (χ0n) is 14.9. The lowest BCUT2D eigenvalue weighted by atomic mass is 10.0. The molecular weight excluding hydrogens is 296 g/mol. The second kappa shape index (κ2) is 8.02. The first kappa shape index (κ1) is 18.1. The minimum atomic E-state index is -0.263. The molecule has 0 saturated heterocycles. The molecule has 2 aromatic rings. The molecule has 0 unspecified atom stereocenters. The Hall–Kier alpha value is -2.26. The summed E-state index contributed by atoms with van der Waals surface area (Å²) in [6.07, 6.45) is 0.831. The molecule has 24 heavy (non-hydrogen) atoms. The van der Waals surface area contributed by atoms with E-state index in [1.165, 1.54) is 16.7 Å². The molecule has 0 aliphatic heterocycles. The second-order valence-corrected chi connectivity index (χ2v) is 6.98. The quantitative estimate of drug-likeness (QED) is 0.754. The van der Waals surface area contributed by atoms with Gasteiger partial charge in [0.25, 0.3) is 0 Å². The van der Waals surface area contributed by atoms with Crippen molar-refractivity contribution < 1.29 is 4.74 Å². The van der Waals surface area contributed by atoms with Crippen molar-refractivity contribution in [3.05, 3.63) is 72.6 Å². The molecule has 0 saturated carbocycles. The maximum atomic E-state index is 5.89. The molecule has 0 aliphatic rings. The van der Waals surface area contributed by atoms with Crippen molar-refractivity contribution in [1.82, 2.24) is 5.32 Å². The molecule has 3 nitrogen and oxygen atoms in total. The molecule has 0 heterocycles.